The standard InChI is InChI=1S/C22H34O3/c1-7-21(5)11-8-16-15(13-21)17(25-14(2)23)12-18-20(3,4)10-9-19(24)22(16,18)6/h7,13,16-19,24H,1,8-12H2,2-6H3/t16-,17+,18-,19+,21-,22+/m0/s1. The van der Waals surface area contributed by atoms with Gasteiger partial charge < -0.3 is 9.84 Å². The molecule has 3 rings (SSSR count). The van der Waals surface area contributed by atoms with E-state index in [0.717, 1.165) is 32.1 Å². The van der Waals surface area contributed by atoms with E-state index in [0.29, 0.717) is 5.92 Å². The maximum Gasteiger partial charge on any atom is 0.303 e. The van der Waals surface area contributed by atoms with E-state index in [2.05, 4.69) is 40.3 Å². The maximum absolute atomic E-state index is 11.8. The Morgan fingerprint density at radius 1 is 1.28 bits per heavy atom. The molecule has 25 heavy (non-hydrogen) atoms. The molecule has 2 fully saturated rings. The second-order valence-corrected chi connectivity index (χ2v) is 9.74. The number of aliphatic hydroxyl groups excluding tert-OH is 1. The van der Waals surface area contributed by atoms with Crippen LogP contribution in [0.2, 0.25) is 0 Å². The zero-order valence-corrected chi connectivity index (χ0v) is 16.5. The lowest BCUT2D eigenvalue weighted by Gasteiger charge is -2.62. The zero-order chi connectivity index (χ0) is 18.6. The van der Waals surface area contributed by atoms with Gasteiger partial charge in [0.1, 0.15) is 6.10 Å². The molecule has 0 heterocycles. The highest BCUT2D eigenvalue weighted by Crippen LogP contribution is 2.64. The third kappa shape index (κ3) is 2.89. The average Bonchev–Trinajstić information content (AvgIpc) is 2.53. The first-order chi connectivity index (χ1) is 11.5. The highest BCUT2D eigenvalue weighted by molar-refractivity contribution is 5.66. The summed E-state index contributed by atoms with van der Waals surface area (Å²) < 4.78 is 5.80. The van der Waals surface area contributed by atoms with Gasteiger partial charge in [0.2, 0.25) is 0 Å². The van der Waals surface area contributed by atoms with Crippen LogP contribution in [0.15, 0.2) is 24.3 Å². The molecule has 3 aliphatic rings. The van der Waals surface area contributed by atoms with Crippen molar-refractivity contribution in [3.05, 3.63) is 24.3 Å². The Hall–Kier alpha value is -1.09. The number of ether oxygens (including phenoxy) is 1. The molecule has 0 unspecified atom stereocenters. The zero-order valence-electron chi connectivity index (χ0n) is 16.5. The van der Waals surface area contributed by atoms with E-state index >= 15 is 0 Å². The van der Waals surface area contributed by atoms with Gasteiger partial charge in [-0.2, -0.15) is 0 Å². The Bertz CT molecular complexity index is 604. The monoisotopic (exact) mass is 346 g/mol. The minimum Gasteiger partial charge on any atom is -0.458 e. The normalized spacial score (nSPS) is 45.6. The van der Waals surface area contributed by atoms with Gasteiger partial charge in [0.25, 0.3) is 0 Å². The van der Waals surface area contributed by atoms with E-state index in [1.165, 1.54) is 12.5 Å². The molecule has 140 valence electrons. The third-order valence-electron chi connectivity index (χ3n) is 7.69. The van der Waals surface area contributed by atoms with Crippen LogP contribution in [0.1, 0.15) is 66.7 Å². The molecule has 2 saturated carbocycles. The summed E-state index contributed by atoms with van der Waals surface area (Å²) >= 11 is 0. The topological polar surface area (TPSA) is 46.5 Å². The summed E-state index contributed by atoms with van der Waals surface area (Å²) in [6.45, 7) is 14.6. The predicted octanol–water partition coefficient (Wildman–Crippen LogP) is 4.65. The first-order valence-corrected chi connectivity index (χ1v) is 9.75. The molecule has 0 amide bonds. The van der Waals surface area contributed by atoms with Gasteiger partial charge in [0, 0.05) is 17.8 Å². The van der Waals surface area contributed by atoms with Crippen LogP contribution in [-0.4, -0.2) is 23.3 Å². The second-order valence-electron chi connectivity index (χ2n) is 9.74. The molecule has 0 bridgehead atoms. The van der Waals surface area contributed by atoms with Crippen LogP contribution in [0.25, 0.3) is 0 Å². The quantitative estimate of drug-likeness (QED) is 0.584. The van der Waals surface area contributed by atoms with Crippen molar-refractivity contribution >= 4 is 5.97 Å². The Morgan fingerprint density at radius 3 is 2.56 bits per heavy atom. The van der Waals surface area contributed by atoms with Crippen LogP contribution in [0.3, 0.4) is 0 Å². The van der Waals surface area contributed by atoms with Gasteiger partial charge >= 0.3 is 5.97 Å². The molecule has 3 heteroatoms. The Morgan fingerprint density at radius 2 is 1.96 bits per heavy atom. The fourth-order valence-electron chi connectivity index (χ4n) is 6.11. The average molecular weight is 347 g/mol. The van der Waals surface area contributed by atoms with Crippen molar-refractivity contribution in [3.63, 3.8) is 0 Å². The van der Waals surface area contributed by atoms with Crippen LogP contribution in [0.5, 0.6) is 0 Å². The van der Waals surface area contributed by atoms with Crippen molar-refractivity contribution in [3.8, 4) is 0 Å². The summed E-state index contributed by atoms with van der Waals surface area (Å²) in [4.78, 5) is 11.8. The molecule has 0 spiro atoms. The molecule has 3 aliphatic carbocycles. The van der Waals surface area contributed by atoms with Gasteiger partial charge in [-0.25, -0.2) is 0 Å². The Kier molecular flexibility index (Phi) is 4.47. The van der Waals surface area contributed by atoms with Crippen LogP contribution in [0.4, 0.5) is 0 Å². The molecule has 0 aliphatic heterocycles. The lowest BCUT2D eigenvalue weighted by Crippen LogP contribution is -2.60. The Labute approximate surface area is 152 Å². The summed E-state index contributed by atoms with van der Waals surface area (Å²) in [5.41, 5.74) is 1.17. The van der Waals surface area contributed by atoms with E-state index in [-0.39, 0.29) is 40.3 Å². The van der Waals surface area contributed by atoms with Gasteiger partial charge in [0.15, 0.2) is 0 Å². The fraction of sp³-hybridized carbons (Fsp3) is 0.773. The predicted molar refractivity (Wildman–Crippen MR) is 99.9 cm³/mol. The van der Waals surface area contributed by atoms with Crippen LogP contribution in [0, 0.1) is 28.1 Å². The first-order valence-electron chi connectivity index (χ1n) is 9.75. The first kappa shape index (κ1) is 18.7. The SMILES string of the molecule is C=C[C@]1(C)C=C2[C@H](OC(C)=O)C[C@H]3C(C)(C)CC[C@@H](O)[C@]3(C)[C@H]2CC1. The van der Waals surface area contributed by atoms with Crippen LogP contribution in [-0.2, 0) is 9.53 Å². The number of esters is 1. The summed E-state index contributed by atoms with van der Waals surface area (Å²) in [5.74, 6) is 0.412. The third-order valence-corrected chi connectivity index (χ3v) is 7.69. The molecule has 0 aromatic carbocycles. The molecule has 3 nitrogen and oxygen atoms in total. The van der Waals surface area contributed by atoms with Crippen molar-refractivity contribution < 1.29 is 14.6 Å². The summed E-state index contributed by atoms with van der Waals surface area (Å²) in [6.07, 6.45) is 8.61. The number of carbonyl (C=O) groups excluding carboxylic acids is 1. The number of fused-ring (bicyclic) bond motifs is 3. The van der Waals surface area contributed by atoms with Crippen molar-refractivity contribution in [2.75, 3.05) is 0 Å². The number of hydrogen-bond acceptors (Lipinski definition) is 3. The minimum absolute atomic E-state index is 0.0530. The number of hydrogen-bond donors (Lipinski definition) is 1. The van der Waals surface area contributed by atoms with Gasteiger partial charge in [0.05, 0.1) is 6.10 Å². The highest BCUT2D eigenvalue weighted by atomic mass is 16.5. The van der Waals surface area contributed by atoms with Crippen molar-refractivity contribution in [1.29, 1.82) is 0 Å². The summed E-state index contributed by atoms with van der Waals surface area (Å²) in [7, 11) is 0. The fourth-order valence-corrected chi connectivity index (χ4v) is 6.11. The van der Waals surface area contributed by atoms with E-state index in [1.807, 2.05) is 6.08 Å². The molecule has 0 saturated heterocycles. The molecular formula is C22H34O3. The van der Waals surface area contributed by atoms with Gasteiger partial charge in [-0.1, -0.05) is 39.8 Å². The molecule has 6 atom stereocenters. The highest BCUT2D eigenvalue weighted by Gasteiger charge is 2.60. The lowest BCUT2D eigenvalue weighted by atomic mass is 9.44. The van der Waals surface area contributed by atoms with Crippen LogP contribution >= 0.6 is 0 Å². The smallest absolute Gasteiger partial charge is 0.303 e. The van der Waals surface area contributed by atoms with Crippen LogP contribution < -0.4 is 0 Å². The number of aliphatic hydroxyl groups is 1. The van der Waals surface area contributed by atoms with Gasteiger partial charge in [-0.15, -0.1) is 6.58 Å². The van der Waals surface area contributed by atoms with Gasteiger partial charge in [-0.05, 0) is 54.9 Å². The number of allylic oxidation sites excluding steroid dienone is 2. The lowest BCUT2D eigenvalue weighted by molar-refractivity contribution is -0.172. The van der Waals surface area contributed by atoms with Gasteiger partial charge in [-0.3, -0.25) is 4.79 Å². The van der Waals surface area contributed by atoms with Crippen molar-refractivity contribution in [1.82, 2.24) is 0 Å². The largest absolute Gasteiger partial charge is 0.458 e. The number of rotatable bonds is 2. The summed E-state index contributed by atoms with van der Waals surface area (Å²) in [5, 5.41) is 11.0. The van der Waals surface area contributed by atoms with E-state index in [4.69, 9.17) is 4.74 Å². The van der Waals surface area contributed by atoms with E-state index in [9.17, 15) is 9.90 Å². The Balaban J connectivity index is 2.10. The van der Waals surface area contributed by atoms with E-state index in [1.54, 1.807) is 0 Å². The van der Waals surface area contributed by atoms with Crippen molar-refractivity contribution in [2.24, 2.45) is 28.1 Å². The second kappa shape index (κ2) is 5.97. The molecule has 0 aromatic heterocycles. The van der Waals surface area contributed by atoms with Crippen molar-refractivity contribution in [2.45, 2.75) is 78.9 Å². The van der Waals surface area contributed by atoms with E-state index < -0.39 is 0 Å². The molecule has 1 N–H and O–H groups in total. The maximum atomic E-state index is 11.8. The minimum atomic E-state index is -0.287. The number of carbonyl (C=O) groups is 1. The molecule has 0 radical (unpaired) electrons. The molecular weight excluding hydrogens is 312 g/mol. The molecule has 0 aromatic rings. The summed E-state index contributed by atoms with van der Waals surface area (Å²) in [6, 6.07) is 0.